The number of ether oxygens (including phenoxy) is 1. The van der Waals surface area contributed by atoms with Crippen molar-refractivity contribution in [1.29, 1.82) is 0 Å². The van der Waals surface area contributed by atoms with Gasteiger partial charge in [-0.1, -0.05) is 0 Å². The molecule has 9 nitrogen and oxygen atoms in total. The van der Waals surface area contributed by atoms with Crippen LogP contribution in [0.15, 0.2) is 18.5 Å². The SMILES string of the molecule is CO[C@]1(C(F)(F)F)CC[C@@H](NC(=O)[C@H]2CCN(C(=O)c3cc(-c4cc(C)ncn4)[nH]n3)C3(CC3)C2)CC1. The maximum absolute atomic E-state index is 13.4. The molecule has 0 aromatic carbocycles. The molecule has 1 saturated heterocycles. The van der Waals surface area contributed by atoms with E-state index >= 15 is 0 Å². The molecule has 2 aliphatic carbocycles. The Hall–Kier alpha value is -3.02. The quantitative estimate of drug-likeness (QED) is 0.623. The van der Waals surface area contributed by atoms with E-state index in [0.717, 1.165) is 25.6 Å². The normalized spacial score (nSPS) is 27.2. The van der Waals surface area contributed by atoms with E-state index in [1.165, 1.54) is 6.33 Å². The Morgan fingerprint density at radius 2 is 1.86 bits per heavy atom. The van der Waals surface area contributed by atoms with E-state index in [0.29, 0.717) is 36.5 Å². The highest BCUT2D eigenvalue weighted by Crippen LogP contribution is 2.51. The van der Waals surface area contributed by atoms with Crippen LogP contribution in [-0.4, -0.2) is 73.9 Å². The number of nitrogens with zero attached hydrogens (tertiary/aromatic N) is 4. The highest BCUT2D eigenvalue weighted by atomic mass is 19.4. The fourth-order valence-corrected chi connectivity index (χ4v) is 5.81. The number of carbonyl (C=O) groups excluding carboxylic acids is 2. The minimum atomic E-state index is -4.43. The summed E-state index contributed by atoms with van der Waals surface area (Å²) in [5.41, 5.74) is -0.114. The van der Waals surface area contributed by atoms with E-state index in [-0.39, 0.29) is 55.0 Å². The first-order valence-electron chi connectivity index (χ1n) is 12.6. The number of H-pyrrole nitrogens is 1. The van der Waals surface area contributed by atoms with Crippen LogP contribution in [0.3, 0.4) is 0 Å². The number of piperidine rings is 1. The molecular weight excluding hydrogens is 489 g/mol. The van der Waals surface area contributed by atoms with Gasteiger partial charge in [-0.15, -0.1) is 0 Å². The van der Waals surface area contributed by atoms with Gasteiger partial charge in [0.1, 0.15) is 6.33 Å². The van der Waals surface area contributed by atoms with Gasteiger partial charge in [0.25, 0.3) is 5.91 Å². The molecule has 0 unspecified atom stereocenters. The summed E-state index contributed by atoms with van der Waals surface area (Å²) in [6, 6.07) is 3.18. The van der Waals surface area contributed by atoms with Crippen LogP contribution in [0.4, 0.5) is 13.2 Å². The third kappa shape index (κ3) is 4.83. The van der Waals surface area contributed by atoms with Crippen LogP contribution in [0.25, 0.3) is 11.4 Å². The summed E-state index contributed by atoms with van der Waals surface area (Å²) in [5.74, 6) is -0.594. The largest absolute Gasteiger partial charge is 0.417 e. The second kappa shape index (κ2) is 9.38. The number of aromatic nitrogens is 4. The number of rotatable bonds is 5. The first-order chi connectivity index (χ1) is 17.6. The molecule has 2 amide bonds. The number of likely N-dealkylation sites (tertiary alicyclic amines) is 1. The Bertz CT molecular complexity index is 1170. The molecule has 0 bridgehead atoms. The van der Waals surface area contributed by atoms with Gasteiger partial charge >= 0.3 is 6.18 Å². The Morgan fingerprint density at radius 1 is 1.14 bits per heavy atom. The highest BCUT2D eigenvalue weighted by molar-refractivity contribution is 5.94. The Kier molecular flexibility index (Phi) is 6.49. The molecule has 2 aromatic heterocycles. The Balaban J connectivity index is 1.19. The summed E-state index contributed by atoms with van der Waals surface area (Å²) >= 11 is 0. The minimum Gasteiger partial charge on any atom is -0.369 e. The van der Waals surface area contributed by atoms with Crippen molar-refractivity contribution in [3.05, 3.63) is 29.8 Å². The molecule has 1 aliphatic heterocycles. The fourth-order valence-electron chi connectivity index (χ4n) is 5.81. The lowest BCUT2D eigenvalue weighted by molar-refractivity contribution is -0.280. The molecule has 200 valence electrons. The van der Waals surface area contributed by atoms with Crippen molar-refractivity contribution in [1.82, 2.24) is 30.4 Å². The summed E-state index contributed by atoms with van der Waals surface area (Å²) in [6.45, 7) is 2.28. The molecule has 3 fully saturated rings. The van der Waals surface area contributed by atoms with E-state index in [2.05, 4.69) is 25.5 Å². The number of amides is 2. The van der Waals surface area contributed by atoms with Gasteiger partial charge in [0.15, 0.2) is 11.3 Å². The van der Waals surface area contributed by atoms with Gasteiger partial charge in [-0.05, 0) is 70.4 Å². The number of hydrogen-bond donors (Lipinski definition) is 2. The van der Waals surface area contributed by atoms with Crippen LogP contribution in [0.5, 0.6) is 0 Å². The van der Waals surface area contributed by atoms with E-state index in [1.54, 1.807) is 12.1 Å². The summed E-state index contributed by atoms with van der Waals surface area (Å²) in [6.07, 6.45) is -0.208. The molecule has 3 heterocycles. The average Bonchev–Trinajstić information content (AvgIpc) is 3.44. The molecular formula is C25H31F3N6O3. The molecule has 5 rings (SSSR count). The second-order valence-corrected chi connectivity index (χ2v) is 10.6. The number of nitrogens with one attached hydrogen (secondary N) is 2. The lowest BCUT2D eigenvalue weighted by Gasteiger charge is -2.42. The molecule has 2 N–H and O–H groups in total. The van der Waals surface area contributed by atoms with E-state index < -0.39 is 11.8 Å². The number of hydrogen-bond acceptors (Lipinski definition) is 6. The molecule has 2 saturated carbocycles. The van der Waals surface area contributed by atoms with Crippen LogP contribution in [-0.2, 0) is 9.53 Å². The molecule has 37 heavy (non-hydrogen) atoms. The molecule has 1 spiro atoms. The monoisotopic (exact) mass is 520 g/mol. The molecule has 1 atom stereocenters. The standard InChI is InChI=1S/C25H31F3N6O3/c1-15-11-18(30-14-29-15)19-12-20(33-32-19)22(36)34-10-5-16(13-23(34)8-9-23)21(35)31-17-3-6-24(37-2,7-4-17)25(26,27)28/h11-12,14,16-17H,3-10,13H2,1-2H3,(H,31,35)(H,32,33)/t16-,17-,24-/m0/s1. The predicted molar refractivity (Wildman–Crippen MR) is 126 cm³/mol. The van der Waals surface area contributed by atoms with Crippen LogP contribution >= 0.6 is 0 Å². The topological polar surface area (TPSA) is 113 Å². The van der Waals surface area contributed by atoms with Gasteiger partial charge in [0, 0.05) is 36.8 Å². The zero-order valence-corrected chi connectivity index (χ0v) is 20.9. The van der Waals surface area contributed by atoms with Crippen LogP contribution < -0.4 is 5.32 Å². The first-order valence-corrected chi connectivity index (χ1v) is 12.6. The van der Waals surface area contributed by atoms with Gasteiger partial charge in [-0.2, -0.15) is 18.3 Å². The first kappa shape index (κ1) is 25.6. The van der Waals surface area contributed by atoms with Crippen LogP contribution in [0.2, 0.25) is 0 Å². The fraction of sp³-hybridized carbons (Fsp3) is 0.640. The highest BCUT2D eigenvalue weighted by Gasteiger charge is 2.57. The van der Waals surface area contributed by atoms with Gasteiger partial charge in [0.2, 0.25) is 5.91 Å². The summed E-state index contributed by atoms with van der Waals surface area (Å²) in [4.78, 5) is 36.5. The maximum Gasteiger partial charge on any atom is 0.417 e. The number of halogens is 3. The van der Waals surface area contributed by atoms with Crippen molar-refractivity contribution < 1.29 is 27.5 Å². The van der Waals surface area contributed by atoms with Crippen molar-refractivity contribution in [3.8, 4) is 11.4 Å². The van der Waals surface area contributed by atoms with Crippen molar-refractivity contribution in [2.45, 2.75) is 81.6 Å². The molecule has 0 radical (unpaired) electrons. The van der Waals surface area contributed by atoms with Crippen molar-refractivity contribution in [2.24, 2.45) is 5.92 Å². The van der Waals surface area contributed by atoms with Crippen LogP contribution in [0, 0.1) is 12.8 Å². The lowest BCUT2D eigenvalue weighted by Crippen LogP contribution is -2.54. The van der Waals surface area contributed by atoms with E-state index in [1.807, 2.05) is 11.8 Å². The number of aromatic amines is 1. The number of methoxy groups -OCH3 is 1. The van der Waals surface area contributed by atoms with Gasteiger partial charge in [-0.3, -0.25) is 14.7 Å². The van der Waals surface area contributed by atoms with Crippen molar-refractivity contribution >= 4 is 11.8 Å². The summed E-state index contributed by atoms with van der Waals surface area (Å²) in [5, 5.41) is 10.1. The lowest BCUT2D eigenvalue weighted by atomic mass is 9.81. The summed E-state index contributed by atoms with van der Waals surface area (Å²) in [7, 11) is 1.09. The molecule has 3 aliphatic rings. The molecule has 2 aromatic rings. The average molecular weight is 521 g/mol. The maximum atomic E-state index is 13.4. The number of alkyl halides is 3. The van der Waals surface area contributed by atoms with Gasteiger partial charge in [0.05, 0.1) is 11.4 Å². The van der Waals surface area contributed by atoms with Gasteiger partial charge < -0.3 is 15.0 Å². The van der Waals surface area contributed by atoms with Gasteiger partial charge in [-0.25, -0.2) is 9.97 Å². The zero-order chi connectivity index (χ0) is 26.4. The number of aryl methyl sites for hydroxylation is 1. The number of carbonyl (C=O) groups is 2. The van der Waals surface area contributed by atoms with E-state index in [4.69, 9.17) is 4.74 Å². The second-order valence-electron chi connectivity index (χ2n) is 10.6. The zero-order valence-electron chi connectivity index (χ0n) is 20.9. The summed E-state index contributed by atoms with van der Waals surface area (Å²) < 4.78 is 45.2. The van der Waals surface area contributed by atoms with Crippen molar-refractivity contribution in [2.75, 3.05) is 13.7 Å². The Labute approximate surface area is 212 Å². The third-order valence-corrected chi connectivity index (χ3v) is 8.27. The minimum absolute atomic E-state index is 0.138. The third-order valence-electron chi connectivity index (χ3n) is 8.27. The smallest absolute Gasteiger partial charge is 0.369 e. The Morgan fingerprint density at radius 3 is 2.49 bits per heavy atom. The van der Waals surface area contributed by atoms with Crippen molar-refractivity contribution in [3.63, 3.8) is 0 Å². The predicted octanol–water partition coefficient (Wildman–Crippen LogP) is 3.57. The van der Waals surface area contributed by atoms with E-state index in [9.17, 15) is 22.8 Å². The molecule has 12 heteroatoms. The van der Waals surface area contributed by atoms with Crippen LogP contribution in [0.1, 0.15) is 67.5 Å².